The smallest absolute Gasteiger partial charge is 0.154 e. The number of imidazole rings is 1. The molecule has 0 amide bonds. The van der Waals surface area contributed by atoms with Crippen LogP contribution in [-0.4, -0.2) is 77.0 Å². The molecule has 4 aromatic rings. The van der Waals surface area contributed by atoms with Crippen LogP contribution in [0.4, 0.5) is 16.0 Å². The fourth-order valence-electron chi connectivity index (χ4n) is 5.32. The molecule has 1 atom stereocenters. The van der Waals surface area contributed by atoms with Crippen LogP contribution in [0.2, 0.25) is 0 Å². The van der Waals surface area contributed by atoms with Gasteiger partial charge in [0.05, 0.1) is 31.1 Å². The summed E-state index contributed by atoms with van der Waals surface area (Å²) < 4.78 is 21.6. The molecule has 1 aromatic carbocycles. The number of anilines is 2. The number of pyridine rings is 1. The summed E-state index contributed by atoms with van der Waals surface area (Å²) in [5, 5.41) is 4.98. The normalized spacial score (nSPS) is 19.0. The van der Waals surface area contributed by atoms with E-state index < -0.39 is 0 Å². The minimum Gasteiger partial charge on any atom is -0.377 e. The van der Waals surface area contributed by atoms with Crippen LogP contribution in [-0.2, 0) is 4.74 Å². The van der Waals surface area contributed by atoms with E-state index in [2.05, 4.69) is 38.7 Å². The Labute approximate surface area is 216 Å². The summed E-state index contributed by atoms with van der Waals surface area (Å²) in [5.74, 6) is 1.53. The first-order valence-corrected chi connectivity index (χ1v) is 13.1. The molecule has 5 heterocycles. The minimum atomic E-state index is -0.249. The topological polar surface area (TPSA) is 62.0 Å². The third-order valence-electron chi connectivity index (χ3n) is 7.24. The van der Waals surface area contributed by atoms with Gasteiger partial charge in [-0.15, -0.1) is 5.10 Å². The van der Waals surface area contributed by atoms with E-state index in [9.17, 15) is 4.39 Å². The zero-order chi connectivity index (χ0) is 25.2. The molecule has 2 aliphatic rings. The summed E-state index contributed by atoms with van der Waals surface area (Å²) in [6, 6.07) is 16.7. The van der Waals surface area contributed by atoms with Crippen LogP contribution in [0.15, 0.2) is 60.8 Å². The van der Waals surface area contributed by atoms with Gasteiger partial charge in [0, 0.05) is 32.7 Å². The van der Waals surface area contributed by atoms with Crippen molar-refractivity contribution in [2.75, 3.05) is 62.3 Å². The maximum absolute atomic E-state index is 14.0. The van der Waals surface area contributed by atoms with Crippen molar-refractivity contribution in [1.82, 2.24) is 24.5 Å². The van der Waals surface area contributed by atoms with E-state index in [4.69, 9.17) is 14.8 Å². The van der Waals surface area contributed by atoms with Gasteiger partial charge in [0.2, 0.25) is 0 Å². The Morgan fingerprint density at radius 2 is 1.84 bits per heavy atom. The molecule has 0 radical (unpaired) electrons. The Kier molecular flexibility index (Phi) is 6.72. The number of hydrogen-bond acceptors (Lipinski definition) is 7. The van der Waals surface area contributed by atoms with Crippen molar-refractivity contribution in [3.8, 4) is 11.4 Å². The highest BCUT2D eigenvalue weighted by Gasteiger charge is 2.27. The zero-order valence-corrected chi connectivity index (χ0v) is 21.1. The Morgan fingerprint density at radius 3 is 2.68 bits per heavy atom. The monoisotopic (exact) mass is 501 g/mol. The van der Waals surface area contributed by atoms with E-state index in [1.54, 1.807) is 12.1 Å². The standard InChI is InChI=1S/C28H32FN7O/c1-2-11-33-12-14-34(15-13-33)27-8-4-7-23(31-27)24-19-30-26-9-10-28(32-36(24)26)35-16-17-37-20-25(35)21-5-3-6-22(29)18-21/h3-10,18-19,25H,2,11-17,20H2,1H3. The molecule has 0 aliphatic carbocycles. The first kappa shape index (κ1) is 23.8. The zero-order valence-electron chi connectivity index (χ0n) is 21.1. The summed E-state index contributed by atoms with van der Waals surface area (Å²) in [6.45, 7) is 9.20. The van der Waals surface area contributed by atoms with Crippen LogP contribution in [0, 0.1) is 5.82 Å². The molecule has 1 unspecified atom stereocenters. The average Bonchev–Trinajstić information content (AvgIpc) is 3.37. The molecule has 0 spiro atoms. The highest BCUT2D eigenvalue weighted by molar-refractivity contribution is 5.62. The van der Waals surface area contributed by atoms with Gasteiger partial charge in [-0.25, -0.2) is 18.9 Å². The van der Waals surface area contributed by atoms with Crippen LogP contribution in [0.5, 0.6) is 0 Å². The summed E-state index contributed by atoms with van der Waals surface area (Å²) >= 11 is 0. The van der Waals surface area contributed by atoms with Gasteiger partial charge < -0.3 is 14.5 Å². The average molecular weight is 502 g/mol. The van der Waals surface area contributed by atoms with E-state index in [1.165, 1.54) is 12.5 Å². The van der Waals surface area contributed by atoms with Gasteiger partial charge in [0.1, 0.15) is 23.1 Å². The van der Waals surface area contributed by atoms with Crippen molar-refractivity contribution < 1.29 is 9.13 Å². The quantitative estimate of drug-likeness (QED) is 0.395. The number of hydrogen-bond donors (Lipinski definition) is 0. The van der Waals surface area contributed by atoms with Crippen LogP contribution in [0.25, 0.3) is 17.0 Å². The Hall–Kier alpha value is -3.56. The van der Waals surface area contributed by atoms with Crippen LogP contribution in [0.1, 0.15) is 24.9 Å². The molecule has 2 saturated heterocycles. The summed E-state index contributed by atoms with van der Waals surface area (Å²) in [4.78, 5) is 16.6. The maximum atomic E-state index is 14.0. The second-order valence-corrected chi connectivity index (χ2v) is 9.65. The molecule has 0 bridgehead atoms. The number of aromatic nitrogens is 4. The van der Waals surface area contributed by atoms with Crippen molar-refractivity contribution in [3.05, 3.63) is 72.2 Å². The number of nitrogens with zero attached hydrogens (tertiary/aromatic N) is 7. The van der Waals surface area contributed by atoms with E-state index in [0.29, 0.717) is 19.8 Å². The van der Waals surface area contributed by atoms with Crippen molar-refractivity contribution in [1.29, 1.82) is 0 Å². The summed E-state index contributed by atoms with van der Waals surface area (Å²) in [5.41, 5.74) is 3.32. The molecule has 37 heavy (non-hydrogen) atoms. The number of rotatable bonds is 6. The second-order valence-electron chi connectivity index (χ2n) is 9.65. The lowest BCUT2D eigenvalue weighted by molar-refractivity contribution is 0.0935. The molecule has 6 rings (SSSR count). The third-order valence-corrected chi connectivity index (χ3v) is 7.24. The van der Waals surface area contributed by atoms with E-state index in [-0.39, 0.29) is 11.9 Å². The molecular formula is C28H32FN7O. The highest BCUT2D eigenvalue weighted by Crippen LogP contribution is 2.30. The molecular weight excluding hydrogens is 469 g/mol. The Balaban J connectivity index is 1.30. The van der Waals surface area contributed by atoms with Gasteiger partial charge in [-0.1, -0.05) is 25.1 Å². The minimum absolute atomic E-state index is 0.116. The van der Waals surface area contributed by atoms with Crippen molar-refractivity contribution in [3.63, 3.8) is 0 Å². The van der Waals surface area contributed by atoms with E-state index in [0.717, 1.165) is 67.0 Å². The molecule has 3 aromatic heterocycles. The van der Waals surface area contributed by atoms with Gasteiger partial charge in [0.25, 0.3) is 0 Å². The van der Waals surface area contributed by atoms with Gasteiger partial charge >= 0.3 is 0 Å². The van der Waals surface area contributed by atoms with Gasteiger partial charge in [-0.3, -0.25) is 4.90 Å². The van der Waals surface area contributed by atoms with Crippen molar-refractivity contribution in [2.24, 2.45) is 0 Å². The van der Waals surface area contributed by atoms with Crippen LogP contribution >= 0.6 is 0 Å². The molecule has 0 saturated carbocycles. The Morgan fingerprint density at radius 1 is 0.973 bits per heavy atom. The van der Waals surface area contributed by atoms with Crippen LogP contribution < -0.4 is 9.80 Å². The predicted octanol–water partition coefficient (Wildman–Crippen LogP) is 4.04. The van der Waals surface area contributed by atoms with E-state index >= 15 is 0 Å². The summed E-state index contributed by atoms with van der Waals surface area (Å²) in [6.07, 6.45) is 3.02. The van der Waals surface area contributed by atoms with Gasteiger partial charge in [0.15, 0.2) is 5.65 Å². The number of ether oxygens (including phenoxy) is 1. The van der Waals surface area contributed by atoms with Gasteiger partial charge in [-0.2, -0.15) is 0 Å². The number of benzene rings is 1. The predicted molar refractivity (Wildman–Crippen MR) is 142 cm³/mol. The molecule has 192 valence electrons. The van der Waals surface area contributed by atoms with Gasteiger partial charge in [-0.05, 0) is 54.9 Å². The highest BCUT2D eigenvalue weighted by atomic mass is 19.1. The number of fused-ring (bicyclic) bond motifs is 1. The second kappa shape index (κ2) is 10.4. The lowest BCUT2D eigenvalue weighted by Crippen LogP contribution is -2.46. The molecule has 9 heteroatoms. The lowest BCUT2D eigenvalue weighted by atomic mass is 10.0. The maximum Gasteiger partial charge on any atom is 0.154 e. The third kappa shape index (κ3) is 4.89. The summed E-state index contributed by atoms with van der Waals surface area (Å²) in [7, 11) is 0. The van der Waals surface area contributed by atoms with Crippen molar-refractivity contribution in [2.45, 2.75) is 19.4 Å². The fourth-order valence-corrected chi connectivity index (χ4v) is 5.32. The van der Waals surface area contributed by atoms with Crippen molar-refractivity contribution >= 4 is 17.3 Å². The molecule has 8 nitrogen and oxygen atoms in total. The first-order chi connectivity index (χ1) is 18.2. The number of piperazine rings is 1. The van der Waals surface area contributed by atoms with E-state index in [1.807, 2.05) is 35.0 Å². The molecule has 2 aliphatic heterocycles. The molecule has 2 fully saturated rings. The number of halogens is 1. The lowest BCUT2D eigenvalue weighted by Gasteiger charge is -2.36. The largest absolute Gasteiger partial charge is 0.377 e. The first-order valence-electron chi connectivity index (χ1n) is 13.1. The molecule has 0 N–H and O–H groups in total. The SMILES string of the molecule is CCCN1CCN(c2cccc(-c3cnc4ccc(N5CCOCC5c5cccc(F)c5)nn34)n2)CC1. The fraction of sp³-hybridized carbons (Fsp3) is 0.393. The van der Waals surface area contributed by atoms with Crippen LogP contribution in [0.3, 0.4) is 0 Å². The number of morpholine rings is 1. The Bertz CT molecular complexity index is 1370.